The normalized spacial score (nSPS) is 14.7. The first-order valence-electron chi connectivity index (χ1n) is 4.62. The van der Waals surface area contributed by atoms with Gasteiger partial charge in [0.05, 0.1) is 16.8 Å². The van der Waals surface area contributed by atoms with Crippen molar-refractivity contribution in [2.45, 2.75) is 6.42 Å². The minimum Gasteiger partial charge on any atom is -0.372 e. The Morgan fingerprint density at radius 1 is 1.53 bits per heavy atom. The quantitative estimate of drug-likeness (QED) is 0.646. The largest absolute Gasteiger partial charge is 0.372 e. The van der Waals surface area contributed by atoms with Crippen LogP contribution in [0, 0.1) is 17.1 Å². The van der Waals surface area contributed by atoms with Crippen molar-refractivity contribution in [1.82, 2.24) is 0 Å². The van der Waals surface area contributed by atoms with Crippen molar-refractivity contribution < 1.29 is 9.18 Å². The Balaban J connectivity index is 2.75. The number of ketones is 1. The number of hydrogen-bond acceptors (Lipinski definition) is 3. The van der Waals surface area contributed by atoms with Crippen LogP contribution < -0.4 is 4.90 Å². The predicted molar refractivity (Wildman–Crippen MR) is 53.3 cm³/mol. The van der Waals surface area contributed by atoms with E-state index in [1.54, 1.807) is 11.9 Å². The summed E-state index contributed by atoms with van der Waals surface area (Å²) in [6, 6.07) is 4.55. The first-order valence-corrected chi connectivity index (χ1v) is 4.62. The Morgan fingerprint density at radius 3 is 2.93 bits per heavy atom. The van der Waals surface area contributed by atoms with E-state index >= 15 is 0 Å². The van der Waals surface area contributed by atoms with Gasteiger partial charge in [0.25, 0.3) is 0 Å². The highest BCUT2D eigenvalue weighted by Crippen LogP contribution is 2.31. The molecule has 1 heterocycles. The molecule has 3 nitrogen and oxygen atoms in total. The van der Waals surface area contributed by atoms with Gasteiger partial charge in [-0.25, -0.2) is 4.39 Å². The fraction of sp³-hybridized carbons (Fsp3) is 0.273. The molecule has 1 aromatic carbocycles. The maximum absolute atomic E-state index is 13.5. The molecule has 76 valence electrons. The lowest BCUT2D eigenvalue weighted by atomic mass is 9.97. The number of carbonyl (C=O) groups is 1. The molecule has 2 rings (SSSR count). The Kier molecular flexibility index (Phi) is 2.16. The zero-order chi connectivity index (χ0) is 11.0. The molecule has 0 fully saturated rings. The highest BCUT2D eigenvalue weighted by atomic mass is 19.1. The van der Waals surface area contributed by atoms with Crippen LogP contribution in [0.25, 0.3) is 0 Å². The minimum atomic E-state index is -0.541. The smallest absolute Gasteiger partial charge is 0.169 e. The molecule has 0 radical (unpaired) electrons. The molecule has 0 aromatic heterocycles. The summed E-state index contributed by atoms with van der Waals surface area (Å²) in [6.07, 6.45) is 0.301. The van der Waals surface area contributed by atoms with Gasteiger partial charge in [-0.05, 0) is 12.1 Å². The molecule has 4 heteroatoms. The summed E-state index contributed by atoms with van der Waals surface area (Å²) >= 11 is 0. The fourth-order valence-electron chi connectivity index (χ4n) is 1.82. The van der Waals surface area contributed by atoms with Gasteiger partial charge in [-0.1, -0.05) is 0 Å². The summed E-state index contributed by atoms with van der Waals surface area (Å²) in [7, 11) is 1.76. The van der Waals surface area contributed by atoms with Gasteiger partial charge >= 0.3 is 0 Å². The molecular weight excluding hydrogens is 195 g/mol. The first-order chi connectivity index (χ1) is 7.15. The van der Waals surface area contributed by atoms with Crippen LogP contribution in [0.3, 0.4) is 0 Å². The molecule has 15 heavy (non-hydrogen) atoms. The summed E-state index contributed by atoms with van der Waals surface area (Å²) in [5.74, 6) is -0.766. The summed E-state index contributed by atoms with van der Waals surface area (Å²) < 4.78 is 13.5. The third kappa shape index (κ3) is 1.37. The number of nitriles is 1. The van der Waals surface area contributed by atoms with Gasteiger partial charge in [0.1, 0.15) is 11.9 Å². The van der Waals surface area contributed by atoms with Crippen molar-refractivity contribution in [3.05, 3.63) is 29.1 Å². The number of benzene rings is 1. The molecule has 0 spiro atoms. The van der Waals surface area contributed by atoms with Gasteiger partial charge in [0.2, 0.25) is 0 Å². The van der Waals surface area contributed by atoms with E-state index in [1.807, 2.05) is 6.07 Å². The van der Waals surface area contributed by atoms with Gasteiger partial charge in [0.15, 0.2) is 5.78 Å². The van der Waals surface area contributed by atoms with E-state index in [9.17, 15) is 9.18 Å². The van der Waals surface area contributed by atoms with Crippen molar-refractivity contribution in [1.29, 1.82) is 5.26 Å². The summed E-state index contributed by atoms with van der Waals surface area (Å²) in [5.41, 5.74) is 0.832. The van der Waals surface area contributed by atoms with Crippen molar-refractivity contribution in [2.24, 2.45) is 0 Å². The molecule has 1 aliphatic heterocycles. The van der Waals surface area contributed by atoms with Crippen LogP contribution in [0.5, 0.6) is 0 Å². The molecule has 0 atom stereocenters. The molecule has 0 saturated heterocycles. The lowest BCUT2D eigenvalue weighted by molar-refractivity contribution is 0.0976. The SMILES string of the molecule is CN1CCC(=O)c2c(F)ccc(C#N)c21. The second-order valence-corrected chi connectivity index (χ2v) is 3.53. The lowest BCUT2D eigenvalue weighted by Crippen LogP contribution is -2.30. The fourth-order valence-corrected chi connectivity index (χ4v) is 1.82. The number of Topliss-reactive ketones (excluding diaryl/α,β-unsaturated/α-hetero) is 1. The minimum absolute atomic E-state index is 0.0581. The first kappa shape index (κ1) is 9.66. The second kappa shape index (κ2) is 3.35. The van der Waals surface area contributed by atoms with E-state index < -0.39 is 5.82 Å². The van der Waals surface area contributed by atoms with E-state index in [4.69, 9.17) is 5.26 Å². The highest BCUT2D eigenvalue weighted by molar-refractivity contribution is 6.04. The molecule has 0 unspecified atom stereocenters. The number of rotatable bonds is 0. The van der Waals surface area contributed by atoms with Crippen LogP contribution >= 0.6 is 0 Å². The molecular formula is C11H9FN2O. The van der Waals surface area contributed by atoms with Crippen LogP contribution in [0.2, 0.25) is 0 Å². The van der Waals surface area contributed by atoms with Gasteiger partial charge in [-0.15, -0.1) is 0 Å². The van der Waals surface area contributed by atoms with Crippen LogP contribution in [-0.2, 0) is 0 Å². The molecule has 0 saturated carbocycles. The topological polar surface area (TPSA) is 44.1 Å². The summed E-state index contributed by atoms with van der Waals surface area (Å²) in [6.45, 7) is 0.532. The van der Waals surface area contributed by atoms with Crippen LogP contribution in [0.1, 0.15) is 22.3 Å². The number of carbonyl (C=O) groups excluding carboxylic acids is 1. The van der Waals surface area contributed by atoms with Crippen molar-refractivity contribution in [3.63, 3.8) is 0 Å². The third-order valence-electron chi connectivity index (χ3n) is 2.58. The van der Waals surface area contributed by atoms with E-state index in [2.05, 4.69) is 0 Å². The van der Waals surface area contributed by atoms with Crippen molar-refractivity contribution in [3.8, 4) is 6.07 Å². The molecule has 1 aromatic rings. The molecule has 0 N–H and O–H groups in total. The average molecular weight is 204 g/mol. The zero-order valence-corrected chi connectivity index (χ0v) is 8.25. The van der Waals surface area contributed by atoms with Crippen molar-refractivity contribution >= 4 is 11.5 Å². The van der Waals surface area contributed by atoms with E-state index in [1.165, 1.54) is 12.1 Å². The van der Waals surface area contributed by atoms with E-state index in [0.29, 0.717) is 24.2 Å². The lowest BCUT2D eigenvalue weighted by Gasteiger charge is -2.27. The van der Waals surface area contributed by atoms with E-state index in [-0.39, 0.29) is 11.3 Å². The summed E-state index contributed by atoms with van der Waals surface area (Å²) in [5, 5.41) is 8.88. The Morgan fingerprint density at radius 2 is 2.27 bits per heavy atom. The average Bonchev–Trinajstić information content (AvgIpc) is 2.23. The van der Waals surface area contributed by atoms with Crippen molar-refractivity contribution in [2.75, 3.05) is 18.5 Å². The van der Waals surface area contributed by atoms with Gasteiger partial charge in [-0.2, -0.15) is 5.26 Å². The third-order valence-corrected chi connectivity index (χ3v) is 2.58. The maximum Gasteiger partial charge on any atom is 0.169 e. The molecule has 0 aliphatic carbocycles. The molecule has 1 aliphatic rings. The number of fused-ring (bicyclic) bond motifs is 1. The van der Waals surface area contributed by atoms with Crippen LogP contribution in [0.4, 0.5) is 10.1 Å². The Hall–Kier alpha value is -1.89. The van der Waals surface area contributed by atoms with Gasteiger partial charge in [0, 0.05) is 20.0 Å². The summed E-state index contributed by atoms with van der Waals surface area (Å²) in [4.78, 5) is 13.3. The van der Waals surface area contributed by atoms with E-state index in [0.717, 1.165) is 0 Å². The molecule has 0 bridgehead atoms. The maximum atomic E-state index is 13.5. The van der Waals surface area contributed by atoms with Crippen LogP contribution in [0.15, 0.2) is 12.1 Å². The Bertz CT molecular complexity index is 476. The standard InChI is InChI=1S/C11H9FN2O/c1-14-5-4-9(15)10-8(12)3-2-7(6-13)11(10)14/h2-3H,4-5H2,1H3. The van der Waals surface area contributed by atoms with Gasteiger partial charge < -0.3 is 4.90 Å². The number of hydrogen-bond donors (Lipinski definition) is 0. The monoisotopic (exact) mass is 204 g/mol. The van der Waals surface area contributed by atoms with Gasteiger partial charge in [-0.3, -0.25) is 4.79 Å². The second-order valence-electron chi connectivity index (χ2n) is 3.53. The molecule has 0 amide bonds. The number of nitrogens with zero attached hydrogens (tertiary/aromatic N) is 2. The predicted octanol–water partition coefficient (Wildman–Crippen LogP) is 1.72. The highest BCUT2D eigenvalue weighted by Gasteiger charge is 2.26. The number of anilines is 1. The number of halogens is 1. The Labute approximate surface area is 86.7 Å². The van der Waals surface area contributed by atoms with Crippen LogP contribution in [-0.4, -0.2) is 19.4 Å². The zero-order valence-electron chi connectivity index (χ0n) is 8.25.